The van der Waals surface area contributed by atoms with Gasteiger partial charge < -0.3 is 5.11 Å². The van der Waals surface area contributed by atoms with Crippen LogP contribution in [0.3, 0.4) is 0 Å². The zero-order chi connectivity index (χ0) is 12.3. The molecule has 1 aromatic rings. The Morgan fingerprint density at radius 2 is 2.29 bits per heavy atom. The molecule has 0 bridgehead atoms. The Labute approximate surface area is 102 Å². The molecule has 0 unspecified atom stereocenters. The Morgan fingerprint density at radius 1 is 1.47 bits per heavy atom. The second-order valence-corrected chi connectivity index (χ2v) is 5.00. The number of H-pyrrole nitrogens is 1. The van der Waals surface area contributed by atoms with Gasteiger partial charge in [0.2, 0.25) is 0 Å². The SMILES string of the molecule is CC(C)c1n[nH]c([C@H]2CCCCN2CCO)n1. The molecule has 5 nitrogen and oxygen atoms in total. The summed E-state index contributed by atoms with van der Waals surface area (Å²) in [6, 6.07) is 0.302. The van der Waals surface area contributed by atoms with Crippen molar-refractivity contribution >= 4 is 0 Å². The molecule has 96 valence electrons. The van der Waals surface area contributed by atoms with Gasteiger partial charge in [-0.2, -0.15) is 5.10 Å². The Balaban J connectivity index is 2.11. The minimum absolute atomic E-state index is 0.210. The predicted molar refractivity (Wildman–Crippen MR) is 65.7 cm³/mol. The first-order valence-corrected chi connectivity index (χ1v) is 6.49. The first-order valence-electron chi connectivity index (χ1n) is 6.49. The lowest BCUT2D eigenvalue weighted by Gasteiger charge is -2.33. The predicted octanol–water partition coefficient (Wildman–Crippen LogP) is 1.45. The number of aromatic amines is 1. The molecule has 1 aliphatic rings. The van der Waals surface area contributed by atoms with Crippen LogP contribution in [0.4, 0.5) is 0 Å². The Hall–Kier alpha value is -0.940. The molecule has 2 rings (SSSR count). The van der Waals surface area contributed by atoms with Gasteiger partial charge in [-0.15, -0.1) is 0 Å². The molecule has 17 heavy (non-hydrogen) atoms. The fourth-order valence-electron chi connectivity index (χ4n) is 2.39. The third-order valence-electron chi connectivity index (χ3n) is 3.35. The Morgan fingerprint density at radius 3 is 2.94 bits per heavy atom. The van der Waals surface area contributed by atoms with Gasteiger partial charge in [0.1, 0.15) is 5.82 Å². The van der Waals surface area contributed by atoms with Gasteiger partial charge >= 0.3 is 0 Å². The maximum atomic E-state index is 9.09. The van der Waals surface area contributed by atoms with E-state index < -0.39 is 0 Å². The zero-order valence-electron chi connectivity index (χ0n) is 10.7. The summed E-state index contributed by atoms with van der Waals surface area (Å²) in [4.78, 5) is 6.88. The summed E-state index contributed by atoms with van der Waals surface area (Å²) in [6.07, 6.45) is 3.54. The number of β-amino-alcohol motifs (C(OH)–C–C–N with tert-alkyl or cyclic N) is 1. The van der Waals surface area contributed by atoms with E-state index in [1.54, 1.807) is 0 Å². The molecule has 0 aliphatic carbocycles. The van der Waals surface area contributed by atoms with Gasteiger partial charge in [0.25, 0.3) is 0 Å². The molecular formula is C12H22N4O. The number of hydrogen-bond acceptors (Lipinski definition) is 4. The van der Waals surface area contributed by atoms with E-state index in [-0.39, 0.29) is 6.61 Å². The van der Waals surface area contributed by atoms with Crippen molar-refractivity contribution in [2.75, 3.05) is 19.7 Å². The molecule has 5 heteroatoms. The molecular weight excluding hydrogens is 216 g/mol. The van der Waals surface area contributed by atoms with Crippen LogP contribution in [0.15, 0.2) is 0 Å². The average molecular weight is 238 g/mol. The second kappa shape index (κ2) is 5.60. The van der Waals surface area contributed by atoms with Gasteiger partial charge in [-0.1, -0.05) is 20.3 Å². The molecule has 0 saturated carbocycles. The smallest absolute Gasteiger partial charge is 0.153 e. The first-order chi connectivity index (χ1) is 8.22. The molecule has 1 fully saturated rings. The maximum absolute atomic E-state index is 9.09. The number of likely N-dealkylation sites (tertiary alicyclic amines) is 1. The lowest BCUT2D eigenvalue weighted by molar-refractivity contribution is 0.112. The number of aliphatic hydroxyl groups excluding tert-OH is 1. The quantitative estimate of drug-likeness (QED) is 0.833. The van der Waals surface area contributed by atoms with Crippen LogP contribution in [0.1, 0.15) is 56.7 Å². The van der Waals surface area contributed by atoms with Gasteiger partial charge in [-0.25, -0.2) is 4.98 Å². The zero-order valence-corrected chi connectivity index (χ0v) is 10.7. The summed E-state index contributed by atoms with van der Waals surface area (Å²) in [6.45, 7) is 6.17. The number of piperidine rings is 1. The molecule has 1 saturated heterocycles. The lowest BCUT2D eigenvalue weighted by Crippen LogP contribution is -2.36. The summed E-state index contributed by atoms with van der Waals surface area (Å²) in [5.41, 5.74) is 0. The lowest BCUT2D eigenvalue weighted by atomic mass is 10.0. The highest BCUT2D eigenvalue weighted by Gasteiger charge is 2.26. The van der Waals surface area contributed by atoms with E-state index in [9.17, 15) is 0 Å². The Kier molecular flexibility index (Phi) is 4.12. The first kappa shape index (κ1) is 12.5. The number of aliphatic hydroxyl groups is 1. The maximum Gasteiger partial charge on any atom is 0.153 e. The molecule has 1 atom stereocenters. The van der Waals surface area contributed by atoms with E-state index in [0.717, 1.165) is 31.2 Å². The Bertz CT molecular complexity index is 348. The third-order valence-corrected chi connectivity index (χ3v) is 3.35. The van der Waals surface area contributed by atoms with Crippen LogP contribution in [-0.4, -0.2) is 44.9 Å². The van der Waals surface area contributed by atoms with Gasteiger partial charge in [-0.05, 0) is 19.4 Å². The number of hydrogen-bond donors (Lipinski definition) is 2. The molecule has 0 radical (unpaired) electrons. The molecule has 0 aromatic carbocycles. The fourth-order valence-corrected chi connectivity index (χ4v) is 2.39. The molecule has 1 aromatic heterocycles. The minimum atomic E-state index is 0.210. The van der Waals surface area contributed by atoms with Crippen LogP contribution >= 0.6 is 0 Å². The van der Waals surface area contributed by atoms with Gasteiger partial charge in [0.05, 0.1) is 12.6 Å². The molecule has 1 aliphatic heterocycles. The van der Waals surface area contributed by atoms with Crippen molar-refractivity contribution in [3.8, 4) is 0 Å². The monoisotopic (exact) mass is 238 g/mol. The van der Waals surface area contributed by atoms with Gasteiger partial charge in [0.15, 0.2) is 5.82 Å². The van der Waals surface area contributed by atoms with Crippen LogP contribution in [0.5, 0.6) is 0 Å². The van der Waals surface area contributed by atoms with E-state index in [4.69, 9.17) is 5.11 Å². The number of rotatable bonds is 4. The molecule has 2 N–H and O–H groups in total. The van der Waals surface area contributed by atoms with Crippen molar-refractivity contribution < 1.29 is 5.11 Å². The summed E-state index contributed by atoms with van der Waals surface area (Å²) < 4.78 is 0. The van der Waals surface area contributed by atoms with Crippen molar-refractivity contribution in [3.63, 3.8) is 0 Å². The van der Waals surface area contributed by atoms with Crippen molar-refractivity contribution in [2.45, 2.75) is 45.1 Å². The third kappa shape index (κ3) is 2.84. The van der Waals surface area contributed by atoms with Crippen LogP contribution < -0.4 is 0 Å². The number of aromatic nitrogens is 3. The van der Waals surface area contributed by atoms with Crippen molar-refractivity contribution in [2.24, 2.45) is 0 Å². The molecule has 0 spiro atoms. The molecule has 0 amide bonds. The van der Waals surface area contributed by atoms with E-state index in [1.807, 2.05) is 0 Å². The van der Waals surface area contributed by atoms with Crippen LogP contribution in [-0.2, 0) is 0 Å². The summed E-state index contributed by atoms with van der Waals surface area (Å²) in [5, 5.41) is 16.4. The van der Waals surface area contributed by atoms with E-state index in [1.165, 1.54) is 12.8 Å². The van der Waals surface area contributed by atoms with Crippen LogP contribution in [0.25, 0.3) is 0 Å². The summed E-state index contributed by atoms with van der Waals surface area (Å²) in [5.74, 6) is 2.20. The number of nitrogens with zero attached hydrogens (tertiary/aromatic N) is 3. The highest BCUT2D eigenvalue weighted by molar-refractivity contribution is 5.01. The minimum Gasteiger partial charge on any atom is -0.395 e. The van der Waals surface area contributed by atoms with Crippen molar-refractivity contribution in [1.82, 2.24) is 20.1 Å². The van der Waals surface area contributed by atoms with Crippen molar-refractivity contribution in [3.05, 3.63) is 11.6 Å². The van der Waals surface area contributed by atoms with E-state index >= 15 is 0 Å². The van der Waals surface area contributed by atoms with E-state index in [2.05, 4.69) is 33.9 Å². The average Bonchev–Trinajstić information content (AvgIpc) is 2.79. The van der Waals surface area contributed by atoms with Gasteiger partial charge in [-0.3, -0.25) is 10.00 Å². The van der Waals surface area contributed by atoms with E-state index in [0.29, 0.717) is 12.0 Å². The molecule has 2 heterocycles. The fraction of sp³-hybridized carbons (Fsp3) is 0.833. The normalized spacial score (nSPS) is 22.2. The standard InChI is InChI=1S/C12H22N4O/c1-9(2)11-13-12(15-14-11)10-5-3-4-6-16(10)7-8-17/h9-10,17H,3-8H2,1-2H3,(H,13,14,15)/t10-/m1/s1. The summed E-state index contributed by atoms with van der Waals surface area (Å²) in [7, 11) is 0. The van der Waals surface area contributed by atoms with Crippen LogP contribution in [0, 0.1) is 0 Å². The van der Waals surface area contributed by atoms with Crippen LogP contribution in [0.2, 0.25) is 0 Å². The van der Waals surface area contributed by atoms with Gasteiger partial charge in [0, 0.05) is 12.5 Å². The highest BCUT2D eigenvalue weighted by atomic mass is 16.3. The summed E-state index contributed by atoms with van der Waals surface area (Å²) >= 11 is 0. The largest absolute Gasteiger partial charge is 0.395 e. The highest BCUT2D eigenvalue weighted by Crippen LogP contribution is 2.28. The second-order valence-electron chi connectivity index (χ2n) is 5.00. The number of nitrogens with one attached hydrogen (secondary N) is 1. The van der Waals surface area contributed by atoms with Crippen molar-refractivity contribution in [1.29, 1.82) is 0 Å². The topological polar surface area (TPSA) is 65.0 Å².